The largest absolute Gasteiger partial charge is 0.457 e. The van der Waals surface area contributed by atoms with Gasteiger partial charge in [-0.2, -0.15) is 0 Å². The average Bonchev–Trinajstić information content (AvgIpc) is 3.30. The molecule has 2 bridgehead atoms. The van der Waals surface area contributed by atoms with Crippen molar-refractivity contribution in [3.63, 3.8) is 0 Å². The number of ether oxygens (including phenoxy) is 1. The molecule has 0 spiro atoms. The lowest BCUT2D eigenvalue weighted by Crippen LogP contribution is -2.37. The van der Waals surface area contributed by atoms with E-state index in [2.05, 4.69) is 31.9 Å². The van der Waals surface area contributed by atoms with Crippen molar-refractivity contribution < 1.29 is 23.9 Å². The summed E-state index contributed by atoms with van der Waals surface area (Å²) in [7, 11) is 0. The Morgan fingerprint density at radius 1 is 1.03 bits per heavy atom. The molecule has 154 valence electrons. The second-order valence-electron chi connectivity index (χ2n) is 8.03. The van der Waals surface area contributed by atoms with Gasteiger partial charge in [0.2, 0.25) is 11.8 Å². The van der Waals surface area contributed by atoms with Gasteiger partial charge >= 0.3 is 5.97 Å². The Bertz CT molecular complexity index is 838. The molecule has 1 saturated heterocycles. The predicted molar refractivity (Wildman–Crippen MR) is 112 cm³/mol. The number of ketones is 1. The topological polar surface area (TPSA) is 80.8 Å². The first-order valence-electron chi connectivity index (χ1n) is 9.68. The van der Waals surface area contributed by atoms with Gasteiger partial charge in [0.1, 0.15) is 0 Å². The smallest absolute Gasteiger partial charge is 0.308 e. The van der Waals surface area contributed by atoms with Gasteiger partial charge in [-0.05, 0) is 25.2 Å². The zero-order valence-corrected chi connectivity index (χ0v) is 19.0. The zero-order chi connectivity index (χ0) is 20.9. The molecule has 1 aromatic rings. The fourth-order valence-electron chi connectivity index (χ4n) is 4.88. The Kier molecular flexibility index (Phi) is 5.68. The Balaban J connectivity index is 1.30. The monoisotopic (exact) mass is 525 g/mol. The highest BCUT2D eigenvalue weighted by Crippen LogP contribution is 2.60. The minimum atomic E-state index is -0.595. The molecule has 0 radical (unpaired) electrons. The highest BCUT2D eigenvalue weighted by molar-refractivity contribution is 9.12. The number of rotatable bonds is 6. The molecule has 29 heavy (non-hydrogen) atoms. The van der Waals surface area contributed by atoms with Gasteiger partial charge in [-0.1, -0.05) is 61.7 Å². The summed E-state index contributed by atoms with van der Waals surface area (Å²) in [6.07, 6.45) is 0.762. The first-order valence-corrected chi connectivity index (χ1v) is 11.5. The number of aryl methyl sites for hydroxylation is 1. The summed E-state index contributed by atoms with van der Waals surface area (Å²) in [5.41, 5.74) is 1.51. The standard InChI is InChI=1S/C21H21Br2NO5/c1-10-2-4-11(5-3-10)14(25)9-29-15(26)6-7-24-20(27)16-12-8-13(17(16)21(24)28)19(23)18(12)22/h2-5,12-13,16-19H,6-9H2,1H3/t12-,13-,16-,17+,18-,19+/m1/s1. The summed E-state index contributed by atoms with van der Waals surface area (Å²) >= 11 is 7.30. The summed E-state index contributed by atoms with van der Waals surface area (Å²) in [6.45, 7) is 1.57. The number of amides is 2. The molecule has 2 aliphatic carbocycles. The third-order valence-corrected chi connectivity index (χ3v) is 9.56. The number of hydrogen-bond donors (Lipinski definition) is 0. The van der Waals surface area contributed by atoms with Crippen molar-refractivity contribution in [2.45, 2.75) is 29.4 Å². The Morgan fingerprint density at radius 2 is 1.59 bits per heavy atom. The highest BCUT2D eigenvalue weighted by atomic mass is 79.9. The quantitative estimate of drug-likeness (QED) is 0.246. The van der Waals surface area contributed by atoms with Crippen molar-refractivity contribution in [2.75, 3.05) is 13.2 Å². The van der Waals surface area contributed by atoms with Crippen LogP contribution in [0.15, 0.2) is 24.3 Å². The van der Waals surface area contributed by atoms with E-state index in [1.807, 2.05) is 19.1 Å². The summed E-state index contributed by atoms with van der Waals surface area (Å²) in [4.78, 5) is 51.3. The second kappa shape index (κ2) is 7.95. The van der Waals surface area contributed by atoms with E-state index in [1.165, 1.54) is 4.90 Å². The number of imide groups is 1. The van der Waals surface area contributed by atoms with Gasteiger partial charge in [0.05, 0.1) is 18.3 Å². The van der Waals surface area contributed by atoms with Crippen LogP contribution in [0.2, 0.25) is 0 Å². The average molecular weight is 527 g/mol. The molecule has 8 heteroatoms. The molecular formula is C21H21Br2NO5. The lowest BCUT2D eigenvalue weighted by atomic mass is 9.81. The van der Waals surface area contributed by atoms with Crippen molar-refractivity contribution in [1.29, 1.82) is 0 Å². The van der Waals surface area contributed by atoms with Crippen LogP contribution in [0.5, 0.6) is 0 Å². The van der Waals surface area contributed by atoms with Crippen LogP contribution in [0.25, 0.3) is 0 Å². The zero-order valence-electron chi connectivity index (χ0n) is 15.8. The summed E-state index contributed by atoms with van der Waals surface area (Å²) in [5.74, 6) is -1.52. The fraction of sp³-hybridized carbons (Fsp3) is 0.524. The number of carbonyl (C=O) groups excluding carboxylic acids is 4. The molecule has 0 N–H and O–H groups in total. The van der Waals surface area contributed by atoms with Crippen LogP contribution in [0.3, 0.4) is 0 Å². The van der Waals surface area contributed by atoms with Crippen LogP contribution < -0.4 is 0 Å². The van der Waals surface area contributed by atoms with Gasteiger partial charge in [-0.3, -0.25) is 24.1 Å². The Morgan fingerprint density at radius 3 is 2.14 bits per heavy atom. The molecule has 2 amide bonds. The van der Waals surface area contributed by atoms with Crippen molar-refractivity contribution in [3.05, 3.63) is 35.4 Å². The maximum absolute atomic E-state index is 12.8. The Labute approximate surface area is 185 Å². The molecule has 0 aromatic heterocycles. The maximum Gasteiger partial charge on any atom is 0.308 e. The van der Waals surface area contributed by atoms with Gasteiger partial charge in [0.25, 0.3) is 0 Å². The van der Waals surface area contributed by atoms with E-state index >= 15 is 0 Å². The van der Waals surface area contributed by atoms with Gasteiger partial charge in [0.15, 0.2) is 12.4 Å². The SMILES string of the molecule is Cc1ccc(C(=O)COC(=O)CCN2C(=O)[C@@H]3[C@H]4C[C@@H]([C@H](Br)[C@@H]4Br)[C@@H]3C2=O)cc1. The van der Waals surface area contributed by atoms with Crippen molar-refractivity contribution in [3.8, 4) is 0 Å². The van der Waals surface area contributed by atoms with E-state index in [-0.39, 0.29) is 70.5 Å². The third kappa shape index (κ3) is 3.58. The molecule has 1 aliphatic heterocycles. The molecule has 6 nitrogen and oxygen atoms in total. The van der Waals surface area contributed by atoms with E-state index in [0.717, 1.165) is 12.0 Å². The number of benzene rings is 1. The van der Waals surface area contributed by atoms with E-state index in [1.54, 1.807) is 12.1 Å². The van der Waals surface area contributed by atoms with Gasteiger partial charge < -0.3 is 4.74 Å². The highest BCUT2D eigenvalue weighted by Gasteiger charge is 2.66. The van der Waals surface area contributed by atoms with Gasteiger partial charge in [0, 0.05) is 21.8 Å². The fourth-order valence-corrected chi connectivity index (χ4v) is 6.75. The van der Waals surface area contributed by atoms with E-state index in [4.69, 9.17) is 4.74 Å². The number of hydrogen-bond acceptors (Lipinski definition) is 5. The van der Waals surface area contributed by atoms with Crippen LogP contribution in [-0.2, 0) is 19.1 Å². The van der Waals surface area contributed by atoms with E-state index in [9.17, 15) is 19.2 Å². The number of nitrogens with zero attached hydrogens (tertiary/aromatic N) is 1. The number of carbonyl (C=O) groups is 4. The molecule has 3 fully saturated rings. The van der Waals surface area contributed by atoms with E-state index < -0.39 is 5.97 Å². The second-order valence-corrected chi connectivity index (χ2v) is 10.1. The van der Waals surface area contributed by atoms with Gasteiger partial charge in [-0.25, -0.2) is 0 Å². The van der Waals surface area contributed by atoms with Crippen LogP contribution in [0.1, 0.15) is 28.8 Å². The molecule has 0 unspecified atom stereocenters. The molecule has 3 aliphatic rings. The Hall–Kier alpha value is -1.54. The minimum absolute atomic E-state index is 0.00155. The number of Topliss-reactive ketones (excluding diaryl/α,β-unsaturated/α-hetero) is 1. The number of alkyl halides is 2. The van der Waals surface area contributed by atoms with Crippen molar-refractivity contribution in [2.24, 2.45) is 23.7 Å². The first-order chi connectivity index (χ1) is 13.8. The summed E-state index contributed by atoms with van der Waals surface area (Å²) < 4.78 is 5.05. The van der Waals surface area contributed by atoms with Crippen molar-refractivity contribution in [1.82, 2.24) is 4.90 Å². The molecular weight excluding hydrogens is 506 g/mol. The van der Waals surface area contributed by atoms with Crippen LogP contribution in [0, 0.1) is 30.6 Å². The number of halogens is 2. The first kappa shape index (κ1) is 20.7. The number of likely N-dealkylation sites (tertiary alicyclic amines) is 1. The van der Waals surface area contributed by atoms with Crippen molar-refractivity contribution >= 4 is 55.4 Å². The normalized spacial score (nSPS) is 32.6. The van der Waals surface area contributed by atoms with Crippen LogP contribution in [0.4, 0.5) is 0 Å². The lowest BCUT2D eigenvalue weighted by molar-refractivity contribution is -0.145. The third-order valence-electron chi connectivity index (χ3n) is 6.36. The molecule has 6 atom stereocenters. The predicted octanol–water partition coefficient (Wildman–Crippen LogP) is 2.89. The molecule has 2 saturated carbocycles. The molecule has 1 aromatic carbocycles. The van der Waals surface area contributed by atoms with Crippen LogP contribution >= 0.6 is 31.9 Å². The minimum Gasteiger partial charge on any atom is -0.457 e. The maximum atomic E-state index is 12.8. The lowest BCUT2D eigenvalue weighted by Gasteiger charge is -2.28. The summed E-state index contributed by atoms with van der Waals surface area (Å²) in [5, 5.41) is 0. The summed E-state index contributed by atoms with van der Waals surface area (Å²) in [6, 6.07) is 7.01. The van der Waals surface area contributed by atoms with E-state index in [0.29, 0.717) is 5.56 Å². The molecule has 4 rings (SSSR count). The van der Waals surface area contributed by atoms with Crippen LogP contribution in [-0.4, -0.2) is 51.3 Å². The molecule has 1 heterocycles. The van der Waals surface area contributed by atoms with Gasteiger partial charge in [-0.15, -0.1) is 0 Å². The number of esters is 1. The number of fused-ring (bicyclic) bond motifs is 5.